The van der Waals surface area contributed by atoms with Crippen molar-refractivity contribution in [3.05, 3.63) is 89.7 Å². The summed E-state index contributed by atoms with van der Waals surface area (Å²) in [5.74, 6) is 1.10. The highest BCUT2D eigenvalue weighted by molar-refractivity contribution is 5.95. The number of hydrogen-bond donors (Lipinski definition) is 4. The van der Waals surface area contributed by atoms with E-state index in [2.05, 4.69) is 80.4 Å². The van der Waals surface area contributed by atoms with E-state index < -0.39 is 0 Å². The number of carbonyl (C=O) groups is 1. The Hall–Kier alpha value is -3.68. The zero-order valence-electron chi connectivity index (χ0n) is 21.0. The number of hydrogen-bond acceptors (Lipinski definition) is 5. The molecule has 190 valence electrons. The summed E-state index contributed by atoms with van der Waals surface area (Å²) in [6.45, 7) is 3.52. The van der Waals surface area contributed by atoms with Crippen molar-refractivity contribution < 1.29 is 4.79 Å². The molecule has 0 bridgehead atoms. The number of fused-ring (bicyclic) bond motifs is 1. The van der Waals surface area contributed by atoms with Crippen LogP contribution >= 0.6 is 0 Å². The van der Waals surface area contributed by atoms with Gasteiger partial charge in [0.25, 0.3) is 0 Å². The Bertz CT molecular complexity index is 1340. The lowest BCUT2D eigenvalue weighted by Crippen LogP contribution is -2.35. The maximum absolute atomic E-state index is 12.4. The maximum atomic E-state index is 12.4. The van der Waals surface area contributed by atoms with E-state index in [1.165, 1.54) is 23.2 Å². The van der Waals surface area contributed by atoms with E-state index in [9.17, 15) is 4.79 Å². The number of aromatic nitrogens is 2. The van der Waals surface area contributed by atoms with E-state index in [1.54, 1.807) is 0 Å². The minimum absolute atomic E-state index is 0.0530. The molecule has 3 aromatic carbocycles. The highest BCUT2D eigenvalue weighted by Crippen LogP contribution is 2.26. The molecule has 7 nitrogen and oxygen atoms in total. The van der Waals surface area contributed by atoms with Gasteiger partial charge in [0.1, 0.15) is 5.82 Å². The molecule has 0 unspecified atom stereocenters. The SMILES string of the molecule is O=C(Nc1ccc(CN(Cc2ccc3nc([C@@H]4CCCN4)[nH]c3c2)c2ccccc2)cc1)[C@@H]1CCCN1. The fourth-order valence-electron chi connectivity index (χ4n) is 5.41. The molecule has 7 heteroatoms. The van der Waals surface area contributed by atoms with Crippen molar-refractivity contribution in [1.29, 1.82) is 0 Å². The van der Waals surface area contributed by atoms with Crippen molar-refractivity contribution in [3.8, 4) is 0 Å². The van der Waals surface area contributed by atoms with Gasteiger partial charge in [-0.15, -0.1) is 0 Å². The number of imidazole rings is 1. The number of carbonyl (C=O) groups excluding carboxylic acids is 1. The van der Waals surface area contributed by atoms with E-state index in [4.69, 9.17) is 4.98 Å². The zero-order chi connectivity index (χ0) is 25.0. The van der Waals surface area contributed by atoms with Gasteiger partial charge < -0.3 is 25.8 Å². The molecular formula is C30H34N6O. The molecule has 0 spiro atoms. The average Bonchev–Trinajstić information content (AvgIpc) is 3.71. The lowest BCUT2D eigenvalue weighted by molar-refractivity contribution is -0.117. The summed E-state index contributed by atoms with van der Waals surface area (Å²) in [6.07, 6.45) is 4.29. The Kier molecular flexibility index (Phi) is 6.88. The summed E-state index contributed by atoms with van der Waals surface area (Å²) < 4.78 is 0. The van der Waals surface area contributed by atoms with Crippen LogP contribution in [0.25, 0.3) is 11.0 Å². The summed E-state index contributed by atoms with van der Waals surface area (Å²) in [6, 6.07) is 25.5. The van der Waals surface area contributed by atoms with Crippen LogP contribution in [0.2, 0.25) is 0 Å². The van der Waals surface area contributed by atoms with Crippen LogP contribution < -0.4 is 20.9 Å². The van der Waals surface area contributed by atoms with Crippen molar-refractivity contribution in [2.24, 2.45) is 0 Å². The van der Waals surface area contributed by atoms with Crippen LogP contribution in [0, 0.1) is 0 Å². The molecule has 6 rings (SSSR count). The topological polar surface area (TPSA) is 85.1 Å². The molecule has 2 fully saturated rings. The van der Waals surface area contributed by atoms with E-state index in [-0.39, 0.29) is 11.9 Å². The number of para-hydroxylation sites is 1. The predicted octanol–water partition coefficient (Wildman–Crippen LogP) is 4.88. The maximum Gasteiger partial charge on any atom is 0.241 e. The number of benzene rings is 3. The fraction of sp³-hybridized carbons (Fsp3) is 0.333. The van der Waals surface area contributed by atoms with Crippen LogP contribution in [-0.4, -0.2) is 35.0 Å². The van der Waals surface area contributed by atoms with Gasteiger partial charge in [-0.05, 0) is 86.3 Å². The van der Waals surface area contributed by atoms with Crippen LogP contribution in [0.1, 0.15) is 48.7 Å². The molecule has 4 aromatic rings. The van der Waals surface area contributed by atoms with Crippen LogP contribution in [-0.2, 0) is 17.9 Å². The quantitative estimate of drug-likeness (QED) is 0.280. The Morgan fingerprint density at radius 3 is 2.41 bits per heavy atom. The van der Waals surface area contributed by atoms with Gasteiger partial charge in [0.15, 0.2) is 0 Å². The van der Waals surface area contributed by atoms with Gasteiger partial charge in [0, 0.05) is 24.5 Å². The third-order valence-corrected chi connectivity index (χ3v) is 7.42. The van der Waals surface area contributed by atoms with Gasteiger partial charge in [0.2, 0.25) is 5.91 Å². The molecule has 0 radical (unpaired) electrons. The minimum atomic E-state index is -0.0778. The van der Waals surface area contributed by atoms with Crippen LogP contribution in [0.4, 0.5) is 11.4 Å². The number of aromatic amines is 1. The van der Waals surface area contributed by atoms with Crippen molar-refractivity contribution in [2.75, 3.05) is 23.3 Å². The number of rotatable bonds is 8. The van der Waals surface area contributed by atoms with Crippen molar-refractivity contribution in [2.45, 2.75) is 50.9 Å². The summed E-state index contributed by atoms with van der Waals surface area (Å²) in [7, 11) is 0. The second-order valence-corrected chi connectivity index (χ2v) is 10.1. The van der Waals surface area contributed by atoms with Gasteiger partial charge in [-0.1, -0.05) is 36.4 Å². The lowest BCUT2D eigenvalue weighted by atomic mass is 10.1. The molecule has 0 saturated carbocycles. The van der Waals surface area contributed by atoms with Gasteiger partial charge >= 0.3 is 0 Å². The molecule has 37 heavy (non-hydrogen) atoms. The summed E-state index contributed by atoms with van der Waals surface area (Å²) in [5.41, 5.74) is 6.55. The third-order valence-electron chi connectivity index (χ3n) is 7.42. The van der Waals surface area contributed by atoms with Gasteiger partial charge in [-0.2, -0.15) is 0 Å². The second kappa shape index (κ2) is 10.7. The number of H-pyrrole nitrogens is 1. The molecule has 2 aliphatic rings. The molecule has 3 heterocycles. The van der Waals surface area contributed by atoms with E-state index in [0.717, 1.165) is 68.0 Å². The van der Waals surface area contributed by atoms with E-state index in [0.29, 0.717) is 6.04 Å². The fourth-order valence-corrected chi connectivity index (χ4v) is 5.41. The molecule has 2 atom stereocenters. The van der Waals surface area contributed by atoms with Crippen molar-refractivity contribution >= 4 is 28.3 Å². The summed E-state index contributed by atoms with van der Waals surface area (Å²) in [5, 5.41) is 9.83. The predicted molar refractivity (Wildman–Crippen MR) is 148 cm³/mol. The minimum Gasteiger partial charge on any atom is -0.363 e. The lowest BCUT2D eigenvalue weighted by Gasteiger charge is -2.25. The highest BCUT2D eigenvalue weighted by atomic mass is 16.2. The normalized spacial score (nSPS) is 19.4. The molecular weight excluding hydrogens is 460 g/mol. The average molecular weight is 495 g/mol. The summed E-state index contributed by atoms with van der Waals surface area (Å²) >= 11 is 0. The number of nitrogens with one attached hydrogen (secondary N) is 4. The first-order valence-electron chi connectivity index (χ1n) is 13.4. The molecule has 0 aliphatic carbocycles. The van der Waals surface area contributed by atoms with E-state index >= 15 is 0 Å². The zero-order valence-corrected chi connectivity index (χ0v) is 21.0. The molecule has 2 saturated heterocycles. The second-order valence-electron chi connectivity index (χ2n) is 10.1. The van der Waals surface area contributed by atoms with Gasteiger partial charge in [-0.25, -0.2) is 4.98 Å². The van der Waals surface area contributed by atoms with Crippen LogP contribution in [0.3, 0.4) is 0 Å². The molecule has 2 aliphatic heterocycles. The van der Waals surface area contributed by atoms with Crippen molar-refractivity contribution in [1.82, 2.24) is 20.6 Å². The first kappa shape index (κ1) is 23.7. The number of nitrogens with zero attached hydrogens (tertiary/aromatic N) is 2. The Balaban J connectivity index is 1.18. The number of anilines is 2. The Morgan fingerprint density at radius 2 is 1.65 bits per heavy atom. The van der Waals surface area contributed by atoms with E-state index in [1.807, 2.05) is 18.2 Å². The first-order valence-corrected chi connectivity index (χ1v) is 13.4. The molecule has 1 aromatic heterocycles. The molecule has 1 amide bonds. The first-order chi connectivity index (χ1) is 18.2. The smallest absolute Gasteiger partial charge is 0.241 e. The third kappa shape index (κ3) is 5.53. The van der Waals surface area contributed by atoms with Crippen LogP contribution in [0.5, 0.6) is 0 Å². The Labute approximate surface area is 217 Å². The largest absolute Gasteiger partial charge is 0.363 e. The monoisotopic (exact) mass is 494 g/mol. The van der Waals surface area contributed by atoms with Crippen molar-refractivity contribution in [3.63, 3.8) is 0 Å². The summed E-state index contributed by atoms with van der Waals surface area (Å²) in [4.78, 5) is 23.2. The number of amides is 1. The Morgan fingerprint density at radius 1 is 0.892 bits per heavy atom. The van der Waals surface area contributed by atoms with Crippen LogP contribution in [0.15, 0.2) is 72.8 Å². The van der Waals surface area contributed by atoms with Gasteiger partial charge in [-0.3, -0.25) is 4.79 Å². The van der Waals surface area contributed by atoms with Gasteiger partial charge in [0.05, 0.1) is 23.1 Å². The molecule has 4 N–H and O–H groups in total. The highest BCUT2D eigenvalue weighted by Gasteiger charge is 2.22. The standard InChI is InChI=1S/C30H34N6O/c37-30(27-9-5-17-32-27)33-23-13-10-21(11-14-23)19-36(24-6-2-1-3-7-24)20-22-12-15-25-28(18-22)35-29(34-25)26-8-4-16-31-26/h1-3,6-7,10-15,18,26-27,31-32H,4-5,8-9,16-17,19-20H2,(H,33,37)(H,34,35)/t26-,27-/m0/s1.